The van der Waals surface area contributed by atoms with Crippen molar-refractivity contribution in [3.63, 3.8) is 0 Å². The molecular formula is C23H30N4O5S. The number of carbonyl (C=O) groups excluding carboxylic acids is 1. The Hall–Kier alpha value is -2.98. The molecule has 0 radical (unpaired) electrons. The van der Waals surface area contributed by atoms with Crippen molar-refractivity contribution in [2.45, 2.75) is 44.0 Å². The van der Waals surface area contributed by atoms with E-state index in [0.29, 0.717) is 18.0 Å². The molecule has 0 bridgehead atoms. The molecule has 1 atom stereocenters. The van der Waals surface area contributed by atoms with Crippen molar-refractivity contribution < 1.29 is 18.1 Å². The van der Waals surface area contributed by atoms with Crippen LogP contribution in [0.4, 0.5) is 11.4 Å². The highest BCUT2D eigenvalue weighted by molar-refractivity contribution is 7.92. The van der Waals surface area contributed by atoms with Gasteiger partial charge in [-0.15, -0.1) is 0 Å². The van der Waals surface area contributed by atoms with Crippen molar-refractivity contribution >= 4 is 27.3 Å². The number of amides is 1. The van der Waals surface area contributed by atoms with Crippen LogP contribution >= 0.6 is 0 Å². The van der Waals surface area contributed by atoms with Crippen molar-refractivity contribution in [2.75, 3.05) is 24.4 Å². The summed E-state index contributed by atoms with van der Waals surface area (Å²) in [6.45, 7) is 9.03. The monoisotopic (exact) mass is 474 g/mol. The largest absolute Gasteiger partial charge is 0.350 e. The highest BCUT2D eigenvalue weighted by Gasteiger charge is 2.30. The molecule has 0 saturated carbocycles. The van der Waals surface area contributed by atoms with E-state index in [1.54, 1.807) is 0 Å². The van der Waals surface area contributed by atoms with Crippen LogP contribution in [-0.2, 0) is 10.0 Å². The number of nitro benzene ring substituents is 1. The Kier molecular flexibility index (Phi) is 7.38. The zero-order chi connectivity index (χ0) is 24.2. The first-order valence-electron chi connectivity index (χ1n) is 10.9. The number of likely N-dealkylation sites (tertiary alicyclic amines) is 1. The SMILES string of the molecule is CC1CCCN(C(C)(C)CNC(=O)c2ccc(NS(=O)(=O)c3cccc([N+](=O)[O-])c3)cc2)C1. The molecule has 2 aromatic carbocycles. The molecule has 1 aliphatic heterocycles. The summed E-state index contributed by atoms with van der Waals surface area (Å²) in [5.74, 6) is 0.410. The lowest BCUT2D eigenvalue weighted by Gasteiger charge is -2.43. The van der Waals surface area contributed by atoms with Crippen molar-refractivity contribution in [1.82, 2.24) is 10.2 Å². The normalized spacial score (nSPS) is 17.4. The number of rotatable bonds is 8. The molecule has 178 valence electrons. The summed E-state index contributed by atoms with van der Waals surface area (Å²) in [7, 11) is -4.01. The van der Waals surface area contributed by atoms with Crippen molar-refractivity contribution in [1.29, 1.82) is 0 Å². The first-order valence-corrected chi connectivity index (χ1v) is 12.4. The molecular weight excluding hydrogens is 444 g/mol. The maximum atomic E-state index is 12.6. The second kappa shape index (κ2) is 9.88. The van der Waals surface area contributed by atoms with Gasteiger partial charge >= 0.3 is 0 Å². The Morgan fingerprint density at radius 3 is 2.55 bits per heavy atom. The number of sulfonamides is 1. The van der Waals surface area contributed by atoms with Gasteiger partial charge in [0.05, 0.1) is 9.82 Å². The van der Waals surface area contributed by atoms with E-state index < -0.39 is 14.9 Å². The summed E-state index contributed by atoms with van der Waals surface area (Å²) in [5.41, 5.74) is 0.182. The molecule has 1 saturated heterocycles. The van der Waals surface area contributed by atoms with E-state index in [1.165, 1.54) is 48.9 Å². The number of nitrogens with zero attached hydrogens (tertiary/aromatic N) is 2. The van der Waals surface area contributed by atoms with Crippen LogP contribution in [0.2, 0.25) is 0 Å². The van der Waals surface area contributed by atoms with Crippen LogP contribution in [-0.4, -0.2) is 49.3 Å². The predicted molar refractivity (Wildman–Crippen MR) is 127 cm³/mol. The zero-order valence-electron chi connectivity index (χ0n) is 19.1. The molecule has 0 aromatic heterocycles. The van der Waals surface area contributed by atoms with Gasteiger partial charge in [-0.3, -0.25) is 24.5 Å². The molecule has 0 spiro atoms. The van der Waals surface area contributed by atoms with E-state index in [4.69, 9.17) is 0 Å². The lowest BCUT2D eigenvalue weighted by molar-refractivity contribution is -0.385. The highest BCUT2D eigenvalue weighted by atomic mass is 32.2. The molecule has 1 unspecified atom stereocenters. The molecule has 1 fully saturated rings. The third-order valence-corrected chi connectivity index (χ3v) is 7.31. The van der Waals surface area contributed by atoms with Gasteiger partial charge in [-0.25, -0.2) is 8.42 Å². The highest BCUT2D eigenvalue weighted by Crippen LogP contribution is 2.24. The summed E-state index contributed by atoms with van der Waals surface area (Å²) in [5, 5.41) is 13.9. The molecule has 2 aromatic rings. The summed E-state index contributed by atoms with van der Waals surface area (Å²) >= 11 is 0. The lowest BCUT2D eigenvalue weighted by Crippen LogP contribution is -2.54. The minimum Gasteiger partial charge on any atom is -0.350 e. The van der Waals surface area contributed by atoms with E-state index in [1.807, 2.05) is 0 Å². The number of non-ortho nitro benzene ring substituents is 1. The van der Waals surface area contributed by atoms with Crippen molar-refractivity contribution in [3.8, 4) is 0 Å². The van der Waals surface area contributed by atoms with Crippen molar-refractivity contribution in [2.24, 2.45) is 5.92 Å². The second-order valence-electron chi connectivity index (χ2n) is 9.13. The van der Waals surface area contributed by atoms with Gasteiger partial charge < -0.3 is 5.32 Å². The number of carbonyl (C=O) groups is 1. The topological polar surface area (TPSA) is 122 Å². The van der Waals surface area contributed by atoms with E-state index in [0.717, 1.165) is 25.6 Å². The van der Waals surface area contributed by atoms with E-state index >= 15 is 0 Å². The van der Waals surface area contributed by atoms with Crippen molar-refractivity contribution in [3.05, 3.63) is 64.2 Å². The zero-order valence-corrected chi connectivity index (χ0v) is 19.9. The van der Waals surface area contributed by atoms with Gasteiger partial charge in [0, 0.05) is 42.0 Å². The summed E-state index contributed by atoms with van der Waals surface area (Å²) in [4.78, 5) is 25.1. The average Bonchev–Trinajstić information content (AvgIpc) is 2.78. The maximum Gasteiger partial charge on any atom is 0.270 e. The van der Waals surface area contributed by atoms with Crippen LogP contribution < -0.4 is 10.0 Å². The quantitative estimate of drug-likeness (QED) is 0.445. The van der Waals surface area contributed by atoms with Crippen LogP contribution in [0, 0.1) is 16.0 Å². The maximum absolute atomic E-state index is 12.6. The Bertz CT molecular complexity index is 1120. The molecule has 1 heterocycles. The third-order valence-electron chi connectivity index (χ3n) is 5.93. The second-order valence-corrected chi connectivity index (χ2v) is 10.8. The van der Waals surface area contributed by atoms with E-state index in [-0.39, 0.29) is 27.7 Å². The number of hydrogen-bond donors (Lipinski definition) is 2. The molecule has 10 heteroatoms. The fourth-order valence-electron chi connectivity index (χ4n) is 3.92. The van der Waals surface area contributed by atoms with E-state index in [2.05, 4.69) is 35.7 Å². The van der Waals surface area contributed by atoms with Crippen LogP contribution in [0.3, 0.4) is 0 Å². The third kappa shape index (κ3) is 6.29. The fraction of sp³-hybridized carbons (Fsp3) is 0.435. The Labute approximate surface area is 194 Å². The summed E-state index contributed by atoms with van der Waals surface area (Å²) in [6.07, 6.45) is 2.39. The van der Waals surface area contributed by atoms with Gasteiger partial charge in [0.25, 0.3) is 21.6 Å². The number of piperidine rings is 1. The number of nitrogens with one attached hydrogen (secondary N) is 2. The smallest absolute Gasteiger partial charge is 0.270 e. The van der Waals surface area contributed by atoms with Gasteiger partial charge in [-0.05, 0) is 69.5 Å². The van der Waals surface area contributed by atoms with Gasteiger partial charge in [0.1, 0.15) is 0 Å². The van der Waals surface area contributed by atoms with E-state index in [9.17, 15) is 23.3 Å². The number of nitro groups is 1. The van der Waals surface area contributed by atoms with Crippen LogP contribution in [0.25, 0.3) is 0 Å². The molecule has 9 nitrogen and oxygen atoms in total. The minimum absolute atomic E-state index is 0.168. The predicted octanol–water partition coefficient (Wildman–Crippen LogP) is 3.64. The minimum atomic E-state index is -4.01. The first-order chi connectivity index (χ1) is 15.5. The molecule has 0 aliphatic carbocycles. The average molecular weight is 475 g/mol. The molecule has 2 N–H and O–H groups in total. The summed E-state index contributed by atoms with van der Waals surface area (Å²) < 4.78 is 27.5. The first kappa shape index (κ1) is 24.7. The standard InChI is InChI=1S/C23H30N4O5S/c1-17-6-5-13-26(15-17)23(2,3)16-24-22(28)18-9-11-19(12-10-18)25-33(31,32)21-8-4-7-20(14-21)27(29)30/h4,7-12,14,17,25H,5-6,13,15-16H2,1-3H3,(H,24,28). The number of hydrogen-bond acceptors (Lipinski definition) is 6. The molecule has 3 rings (SSSR count). The Morgan fingerprint density at radius 1 is 1.21 bits per heavy atom. The van der Waals surface area contributed by atoms with Crippen LogP contribution in [0.1, 0.15) is 44.0 Å². The van der Waals surface area contributed by atoms with Gasteiger partial charge in [-0.1, -0.05) is 13.0 Å². The fourth-order valence-corrected chi connectivity index (χ4v) is 5.02. The number of anilines is 1. The van der Waals surface area contributed by atoms with Gasteiger partial charge in [0.2, 0.25) is 0 Å². The lowest BCUT2D eigenvalue weighted by atomic mass is 9.93. The molecule has 33 heavy (non-hydrogen) atoms. The summed E-state index contributed by atoms with van der Waals surface area (Å²) in [6, 6.07) is 10.9. The Morgan fingerprint density at radius 2 is 1.91 bits per heavy atom. The number of benzene rings is 2. The van der Waals surface area contributed by atoms with Gasteiger partial charge in [-0.2, -0.15) is 0 Å². The Balaban J connectivity index is 1.62. The van der Waals surface area contributed by atoms with Crippen LogP contribution in [0.15, 0.2) is 53.4 Å². The molecule has 1 amide bonds. The van der Waals surface area contributed by atoms with Gasteiger partial charge in [0.15, 0.2) is 0 Å². The van der Waals surface area contributed by atoms with Crippen LogP contribution in [0.5, 0.6) is 0 Å². The molecule has 1 aliphatic rings.